The van der Waals surface area contributed by atoms with Crippen LogP contribution in [0.5, 0.6) is 5.75 Å². The summed E-state index contributed by atoms with van der Waals surface area (Å²) in [5.41, 5.74) is 2.06. The SMILES string of the molecule is O=C(Nc1ccn(Cc2ccc(Br)cc2)n1)c1cc(COc2ccc(Cl)cc2)cs1. The molecule has 0 bridgehead atoms. The fraction of sp³-hybridized carbons (Fsp3) is 0.0909. The predicted octanol–water partition coefficient (Wildman–Crippen LogP) is 6.24. The summed E-state index contributed by atoms with van der Waals surface area (Å²) in [5, 5.41) is 9.85. The van der Waals surface area contributed by atoms with Crippen molar-refractivity contribution in [3.05, 3.63) is 97.7 Å². The van der Waals surface area contributed by atoms with Crippen LogP contribution in [0.1, 0.15) is 20.8 Å². The number of ether oxygens (including phenoxy) is 1. The van der Waals surface area contributed by atoms with Crippen molar-refractivity contribution in [3.63, 3.8) is 0 Å². The van der Waals surface area contributed by atoms with Gasteiger partial charge in [-0.2, -0.15) is 5.10 Å². The molecule has 0 aliphatic rings. The number of aromatic nitrogens is 2. The predicted molar refractivity (Wildman–Crippen MR) is 124 cm³/mol. The van der Waals surface area contributed by atoms with Crippen LogP contribution < -0.4 is 10.1 Å². The molecule has 0 saturated heterocycles. The van der Waals surface area contributed by atoms with Gasteiger partial charge in [0, 0.05) is 27.3 Å². The van der Waals surface area contributed by atoms with E-state index in [-0.39, 0.29) is 5.91 Å². The van der Waals surface area contributed by atoms with E-state index >= 15 is 0 Å². The number of carbonyl (C=O) groups is 1. The Labute approximate surface area is 191 Å². The highest BCUT2D eigenvalue weighted by Crippen LogP contribution is 2.20. The van der Waals surface area contributed by atoms with E-state index in [4.69, 9.17) is 16.3 Å². The number of hydrogen-bond donors (Lipinski definition) is 1. The molecule has 30 heavy (non-hydrogen) atoms. The Morgan fingerprint density at radius 2 is 1.87 bits per heavy atom. The second-order valence-corrected chi connectivity index (χ2v) is 8.80. The highest BCUT2D eigenvalue weighted by atomic mass is 79.9. The minimum absolute atomic E-state index is 0.188. The van der Waals surface area contributed by atoms with Gasteiger partial charge in [-0.1, -0.05) is 39.7 Å². The molecule has 152 valence electrons. The zero-order chi connectivity index (χ0) is 20.9. The Balaban J connectivity index is 1.32. The third kappa shape index (κ3) is 5.50. The van der Waals surface area contributed by atoms with Crippen LogP contribution in [0.15, 0.2) is 76.7 Å². The first-order valence-corrected chi connectivity index (χ1v) is 11.2. The fourth-order valence-corrected chi connectivity index (χ4v) is 3.92. The van der Waals surface area contributed by atoms with Gasteiger partial charge in [0.25, 0.3) is 5.91 Å². The molecule has 0 radical (unpaired) electrons. The van der Waals surface area contributed by atoms with Gasteiger partial charge >= 0.3 is 0 Å². The molecule has 0 spiro atoms. The topological polar surface area (TPSA) is 56.2 Å². The summed E-state index contributed by atoms with van der Waals surface area (Å²) < 4.78 is 8.55. The van der Waals surface area contributed by atoms with E-state index in [9.17, 15) is 4.79 Å². The standard InChI is InChI=1S/C22H17BrClN3O2S/c23-17-3-1-15(2-4-17)12-27-10-9-21(26-27)25-22(28)20-11-16(14-30-20)13-29-19-7-5-18(24)6-8-19/h1-11,14H,12-13H2,(H,25,26,28). The normalized spacial score (nSPS) is 10.7. The summed E-state index contributed by atoms with van der Waals surface area (Å²) in [7, 11) is 0. The van der Waals surface area contributed by atoms with E-state index in [2.05, 4.69) is 26.3 Å². The van der Waals surface area contributed by atoms with Crippen molar-refractivity contribution in [2.45, 2.75) is 13.2 Å². The lowest BCUT2D eigenvalue weighted by Gasteiger charge is -2.04. The average Bonchev–Trinajstić information content (AvgIpc) is 3.39. The number of anilines is 1. The molecule has 0 aliphatic carbocycles. The van der Waals surface area contributed by atoms with E-state index in [0.29, 0.717) is 28.9 Å². The number of hydrogen-bond acceptors (Lipinski definition) is 4. The molecule has 4 rings (SSSR count). The van der Waals surface area contributed by atoms with Gasteiger partial charge in [-0.15, -0.1) is 11.3 Å². The van der Waals surface area contributed by atoms with E-state index in [1.165, 1.54) is 11.3 Å². The number of halogens is 2. The Morgan fingerprint density at radius 3 is 2.63 bits per heavy atom. The van der Waals surface area contributed by atoms with Crippen LogP contribution in [0.3, 0.4) is 0 Å². The lowest BCUT2D eigenvalue weighted by molar-refractivity contribution is 0.103. The van der Waals surface area contributed by atoms with E-state index in [0.717, 1.165) is 21.3 Å². The average molecular weight is 503 g/mol. The first-order valence-electron chi connectivity index (χ1n) is 9.10. The van der Waals surface area contributed by atoms with Gasteiger partial charge in [0.1, 0.15) is 12.4 Å². The molecule has 0 unspecified atom stereocenters. The number of rotatable bonds is 7. The van der Waals surface area contributed by atoms with Crippen molar-refractivity contribution in [1.29, 1.82) is 0 Å². The number of thiophene rings is 1. The summed E-state index contributed by atoms with van der Waals surface area (Å²) in [5.74, 6) is 1.06. The van der Waals surface area contributed by atoms with E-state index < -0.39 is 0 Å². The molecule has 2 aromatic heterocycles. The van der Waals surface area contributed by atoms with Gasteiger partial charge < -0.3 is 10.1 Å². The number of nitrogens with one attached hydrogen (secondary N) is 1. The lowest BCUT2D eigenvalue weighted by Crippen LogP contribution is -2.11. The molecular formula is C22H17BrClN3O2S. The van der Waals surface area contributed by atoms with Gasteiger partial charge in [-0.25, -0.2) is 0 Å². The second-order valence-electron chi connectivity index (χ2n) is 6.54. The molecule has 0 fully saturated rings. The molecule has 1 N–H and O–H groups in total. The van der Waals surface area contributed by atoms with Crippen LogP contribution in [-0.2, 0) is 13.2 Å². The molecule has 2 heterocycles. The molecular weight excluding hydrogens is 486 g/mol. The van der Waals surface area contributed by atoms with Crippen molar-refractivity contribution in [3.8, 4) is 5.75 Å². The Bertz CT molecular complexity index is 1140. The van der Waals surface area contributed by atoms with Crippen molar-refractivity contribution in [2.75, 3.05) is 5.32 Å². The molecule has 8 heteroatoms. The molecule has 2 aromatic carbocycles. The summed E-state index contributed by atoms with van der Waals surface area (Å²) >= 11 is 10.7. The zero-order valence-corrected chi connectivity index (χ0v) is 18.9. The molecule has 4 aromatic rings. The van der Waals surface area contributed by atoms with Crippen molar-refractivity contribution in [1.82, 2.24) is 9.78 Å². The minimum Gasteiger partial charge on any atom is -0.489 e. The number of amides is 1. The highest BCUT2D eigenvalue weighted by Gasteiger charge is 2.12. The Hall–Kier alpha value is -2.61. The number of benzene rings is 2. The van der Waals surface area contributed by atoms with Crippen LogP contribution in [-0.4, -0.2) is 15.7 Å². The summed E-state index contributed by atoms with van der Waals surface area (Å²) in [6.45, 7) is 1.02. The smallest absolute Gasteiger partial charge is 0.266 e. The molecule has 0 aliphatic heterocycles. The molecule has 5 nitrogen and oxygen atoms in total. The Kier molecular flexibility index (Phi) is 6.52. The van der Waals surface area contributed by atoms with Gasteiger partial charge in [0.15, 0.2) is 5.82 Å². The third-order valence-electron chi connectivity index (χ3n) is 4.24. The van der Waals surface area contributed by atoms with Gasteiger partial charge in [0.2, 0.25) is 0 Å². The quantitative estimate of drug-likeness (QED) is 0.325. The molecule has 0 atom stereocenters. The Morgan fingerprint density at radius 1 is 1.10 bits per heavy atom. The summed E-state index contributed by atoms with van der Waals surface area (Å²) in [6, 6.07) is 18.8. The first kappa shape index (κ1) is 20.7. The van der Waals surface area contributed by atoms with E-state index in [1.807, 2.05) is 54.0 Å². The third-order valence-corrected chi connectivity index (χ3v) is 6.00. The van der Waals surface area contributed by atoms with Crippen LogP contribution in [0.2, 0.25) is 5.02 Å². The molecule has 0 saturated carbocycles. The first-order chi connectivity index (χ1) is 14.5. The van der Waals surface area contributed by atoms with Gasteiger partial charge in [-0.3, -0.25) is 9.48 Å². The van der Waals surface area contributed by atoms with Crippen molar-refractivity contribution < 1.29 is 9.53 Å². The zero-order valence-electron chi connectivity index (χ0n) is 15.7. The van der Waals surface area contributed by atoms with Crippen LogP contribution in [0, 0.1) is 0 Å². The largest absolute Gasteiger partial charge is 0.489 e. The monoisotopic (exact) mass is 501 g/mol. The maximum atomic E-state index is 12.5. The maximum absolute atomic E-state index is 12.5. The van der Waals surface area contributed by atoms with Crippen LogP contribution in [0.25, 0.3) is 0 Å². The fourth-order valence-electron chi connectivity index (χ4n) is 2.74. The van der Waals surface area contributed by atoms with Crippen LogP contribution >= 0.6 is 38.9 Å². The minimum atomic E-state index is -0.188. The van der Waals surface area contributed by atoms with Crippen molar-refractivity contribution >= 4 is 50.6 Å². The molecule has 1 amide bonds. The van der Waals surface area contributed by atoms with Gasteiger partial charge in [0.05, 0.1) is 11.4 Å². The van der Waals surface area contributed by atoms with E-state index in [1.54, 1.807) is 22.9 Å². The number of carbonyl (C=O) groups excluding carboxylic acids is 1. The second kappa shape index (κ2) is 9.47. The lowest BCUT2D eigenvalue weighted by atomic mass is 10.2. The van der Waals surface area contributed by atoms with Crippen LogP contribution in [0.4, 0.5) is 5.82 Å². The van der Waals surface area contributed by atoms with Crippen molar-refractivity contribution in [2.24, 2.45) is 0 Å². The maximum Gasteiger partial charge on any atom is 0.266 e. The van der Waals surface area contributed by atoms with Gasteiger partial charge in [-0.05, 0) is 53.4 Å². The summed E-state index contributed by atoms with van der Waals surface area (Å²) in [6.07, 6.45) is 1.84. The number of nitrogens with zero attached hydrogens (tertiary/aromatic N) is 2. The highest BCUT2D eigenvalue weighted by molar-refractivity contribution is 9.10. The summed E-state index contributed by atoms with van der Waals surface area (Å²) in [4.78, 5) is 13.1.